The van der Waals surface area contributed by atoms with Crippen LogP contribution in [0, 0.1) is 19.1 Å². The fourth-order valence-corrected chi connectivity index (χ4v) is 8.52. The molecular weight excluding hydrogens is 865 g/mol. The standard InChI is InChI=1S/C29H20NO.C21H22NSi.Ir/c1-19(20-7-3-2-4-8-20)21-11-13-28-25(15-21)26-16-23(12-14-29(26)31-28)27-17-22-9-5-6-10-24(22)18-30-27;1-16-10-12-18(13-11-16)20-14-19(17-8-6-5-7-9-17)21(15-22-20)23(2,3)4;/h2-11,13-19H,1H3;5-12,14-15H,1-4H3;/q2*-1;. The maximum Gasteiger partial charge on any atom is 0.120 e. The van der Waals surface area contributed by atoms with Crippen LogP contribution < -0.4 is 5.19 Å². The second-order valence-electron chi connectivity index (χ2n) is 15.0. The first kappa shape index (κ1) is 37.8. The third-order valence-electron chi connectivity index (χ3n) is 10.2. The van der Waals surface area contributed by atoms with Gasteiger partial charge in [0.1, 0.15) is 5.58 Å². The molecular formula is C50H42IrN2OSi-2. The van der Waals surface area contributed by atoms with Crippen molar-refractivity contribution >= 4 is 46.0 Å². The van der Waals surface area contributed by atoms with E-state index in [4.69, 9.17) is 9.40 Å². The Morgan fingerprint density at radius 1 is 0.582 bits per heavy atom. The molecule has 0 spiro atoms. The monoisotopic (exact) mass is 907 g/mol. The Morgan fingerprint density at radius 2 is 1.24 bits per heavy atom. The quantitative estimate of drug-likeness (QED) is 0.123. The van der Waals surface area contributed by atoms with Crippen molar-refractivity contribution in [1.29, 1.82) is 0 Å². The molecule has 0 aliphatic rings. The van der Waals surface area contributed by atoms with Crippen LogP contribution in [0.5, 0.6) is 0 Å². The fraction of sp³-hybridized carbons (Fsp3) is 0.120. The van der Waals surface area contributed by atoms with Crippen LogP contribution in [0.4, 0.5) is 0 Å². The molecule has 0 N–H and O–H groups in total. The summed E-state index contributed by atoms with van der Waals surface area (Å²) in [4.78, 5) is 9.41. The number of benzene rings is 6. The van der Waals surface area contributed by atoms with E-state index in [1.165, 1.54) is 38.4 Å². The summed E-state index contributed by atoms with van der Waals surface area (Å²) in [5.74, 6) is 0.312. The number of pyridine rings is 2. The average molecular weight is 907 g/mol. The summed E-state index contributed by atoms with van der Waals surface area (Å²) in [6.07, 6.45) is 4.01. The van der Waals surface area contributed by atoms with Crippen molar-refractivity contribution in [2.24, 2.45) is 0 Å². The van der Waals surface area contributed by atoms with Crippen molar-refractivity contribution in [2.75, 3.05) is 0 Å². The number of hydrogen-bond acceptors (Lipinski definition) is 3. The summed E-state index contributed by atoms with van der Waals surface area (Å²) < 4.78 is 6.10. The number of fused-ring (bicyclic) bond motifs is 4. The van der Waals surface area contributed by atoms with Gasteiger partial charge in [-0.1, -0.05) is 142 Å². The smallest absolute Gasteiger partial charge is 0.120 e. The zero-order valence-corrected chi connectivity index (χ0v) is 35.1. The molecule has 3 heterocycles. The molecule has 9 aromatic rings. The Morgan fingerprint density at radius 3 is 1.96 bits per heavy atom. The van der Waals surface area contributed by atoms with E-state index >= 15 is 0 Å². The van der Waals surface area contributed by atoms with Gasteiger partial charge < -0.3 is 14.4 Å². The van der Waals surface area contributed by atoms with Crippen molar-refractivity contribution < 1.29 is 24.5 Å². The van der Waals surface area contributed by atoms with Crippen LogP contribution >= 0.6 is 0 Å². The van der Waals surface area contributed by atoms with Crippen molar-refractivity contribution in [3.63, 3.8) is 0 Å². The number of rotatable bonds is 6. The number of nitrogens with zero attached hydrogens (tertiary/aromatic N) is 2. The molecule has 0 saturated heterocycles. The molecule has 0 bridgehead atoms. The molecule has 1 radical (unpaired) electrons. The van der Waals surface area contributed by atoms with Gasteiger partial charge in [0.25, 0.3) is 0 Å². The van der Waals surface area contributed by atoms with Gasteiger partial charge in [0, 0.05) is 43.8 Å². The van der Waals surface area contributed by atoms with E-state index in [9.17, 15) is 0 Å². The van der Waals surface area contributed by atoms with Crippen LogP contribution in [-0.2, 0) is 20.1 Å². The van der Waals surface area contributed by atoms with Crippen molar-refractivity contribution in [2.45, 2.75) is 39.4 Å². The Labute approximate surface area is 338 Å². The zero-order chi connectivity index (χ0) is 37.2. The van der Waals surface area contributed by atoms with Crippen LogP contribution in [0.1, 0.15) is 29.5 Å². The van der Waals surface area contributed by atoms with E-state index in [1.807, 2.05) is 24.4 Å². The molecule has 0 amide bonds. The Hall–Kier alpha value is -5.45. The normalized spacial score (nSPS) is 11.9. The predicted molar refractivity (Wildman–Crippen MR) is 229 cm³/mol. The molecule has 0 aliphatic carbocycles. The SMILES string of the molecule is CC(c1ccccc1)c1ccc2oc3c[c-]c(-c4cc5ccccc5cn4)cc3c2c1.Cc1c[c-]c(-c2cc(-c3ccccc3)c([Si](C)(C)C)cn2)cc1.[Ir]. The fourth-order valence-electron chi connectivity index (χ4n) is 7.04. The molecule has 273 valence electrons. The maximum absolute atomic E-state index is 6.10. The second kappa shape index (κ2) is 16.1. The minimum Gasteiger partial charge on any atom is -0.500 e. The van der Waals surface area contributed by atoms with Gasteiger partial charge in [-0.25, -0.2) is 0 Å². The molecule has 1 atom stereocenters. The van der Waals surface area contributed by atoms with Crippen molar-refractivity contribution in [3.8, 4) is 33.6 Å². The molecule has 55 heavy (non-hydrogen) atoms. The van der Waals surface area contributed by atoms with E-state index in [0.717, 1.165) is 49.8 Å². The molecule has 0 fully saturated rings. The number of aryl methyl sites for hydroxylation is 1. The van der Waals surface area contributed by atoms with Crippen molar-refractivity contribution in [3.05, 3.63) is 187 Å². The topological polar surface area (TPSA) is 38.9 Å². The van der Waals surface area contributed by atoms with Gasteiger partial charge >= 0.3 is 0 Å². The van der Waals surface area contributed by atoms with Crippen LogP contribution in [0.15, 0.2) is 162 Å². The minimum absolute atomic E-state index is 0. The Bertz CT molecular complexity index is 2720. The maximum atomic E-state index is 6.10. The van der Waals surface area contributed by atoms with Gasteiger partial charge in [-0.15, -0.1) is 59.2 Å². The zero-order valence-electron chi connectivity index (χ0n) is 31.7. The molecule has 9 rings (SSSR count). The van der Waals surface area contributed by atoms with Gasteiger partial charge in [0.15, 0.2) is 0 Å². The molecule has 3 aromatic heterocycles. The first-order valence-corrected chi connectivity index (χ1v) is 22.0. The predicted octanol–water partition coefficient (Wildman–Crippen LogP) is 12.8. The van der Waals surface area contributed by atoms with Gasteiger partial charge in [-0.05, 0) is 61.7 Å². The molecule has 1 unspecified atom stereocenters. The number of aromatic nitrogens is 2. The third-order valence-corrected chi connectivity index (χ3v) is 12.2. The van der Waals surface area contributed by atoms with E-state index in [0.29, 0.717) is 5.92 Å². The van der Waals surface area contributed by atoms with Gasteiger partial charge in [0.2, 0.25) is 0 Å². The van der Waals surface area contributed by atoms with E-state index < -0.39 is 8.07 Å². The van der Waals surface area contributed by atoms with Gasteiger partial charge in [-0.2, -0.15) is 0 Å². The summed E-state index contributed by atoms with van der Waals surface area (Å²) in [6.45, 7) is 11.4. The molecule has 6 aromatic carbocycles. The third kappa shape index (κ3) is 8.16. The summed E-state index contributed by atoms with van der Waals surface area (Å²) >= 11 is 0. The number of hydrogen-bond donors (Lipinski definition) is 0. The van der Waals surface area contributed by atoms with E-state index in [1.54, 1.807) is 0 Å². The molecule has 0 saturated carbocycles. The average Bonchev–Trinajstić information content (AvgIpc) is 3.58. The van der Waals surface area contributed by atoms with Crippen LogP contribution in [0.2, 0.25) is 19.6 Å². The van der Waals surface area contributed by atoms with Crippen LogP contribution in [0.25, 0.3) is 66.4 Å². The van der Waals surface area contributed by atoms with Gasteiger partial charge in [-0.3, -0.25) is 0 Å². The minimum atomic E-state index is -1.47. The summed E-state index contributed by atoms with van der Waals surface area (Å²) in [5.41, 5.74) is 12.1. The summed E-state index contributed by atoms with van der Waals surface area (Å²) in [7, 11) is -1.47. The number of furan rings is 1. The first-order valence-electron chi connectivity index (χ1n) is 18.5. The Balaban J connectivity index is 0.000000174. The largest absolute Gasteiger partial charge is 0.500 e. The first-order chi connectivity index (χ1) is 26.2. The van der Waals surface area contributed by atoms with E-state index in [-0.39, 0.29) is 20.1 Å². The second-order valence-corrected chi connectivity index (χ2v) is 20.1. The molecule has 0 aliphatic heterocycles. The van der Waals surface area contributed by atoms with Gasteiger partial charge in [0.05, 0.1) is 13.7 Å². The summed E-state index contributed by atoms with van der Waals surface area (Å²) in [6, 6.07) is 57.4. The molecule has 5 heteroatoms. The van der Waals surface area contributed by atoms with Crippen LogP contribution in [-0.4, -0.2) is 18.0 Å². The summed E-state index contributed by atoms with van der Waals surface area (Å²) in [5, 5.41) is 5.95. The van der Waals surface area contributed by atoms with Crippen LogP contribution in [0.3, 0.4) is 0 Å². The van der Waals surface area contributed by atoms with Crippen molar-refractivity contribution in [1.82, 2.24) is 9.97 Å². The van der Waals surface area contributed by atoms with E-state index in [2.05, 4.69) is 184 Å². The Kier molecular flexibility index (Phi) is 11.1. The molecule has 3 nitrogen and oxygen atoms in total.